The van der Waals surface area contributed by atoms with Crippen molar-refractivity contribution in [1.82, 2.24) is 14.8 Å². The maximum Gasteiger partial charge on any atom is 0.417 e. The third-order valence-electron chi connectivity index (χ3n) is 4.22. The Morgan fingerprint density at radius 1 is 1.23 bits per heavy atom. The van der Waals surface area contributed by atoms with Gasteiger partial charge in [0.25, 0.3) is 5.56 Å². The Balaban J connectivity index is 1.91. The Kier molecular flexibility index (Phi) is 5.93. The molecule has 3 rings (SSSR count). The zero-order chi connectivity index (χ0) is 22.2. The summed E-state index contributed by atoms with van der Waals surface area (Å²) in [5.41, 5.74) is -1.23. The molecule has 2 aromatic heterocycles. The summed E-state index contributed by atoms with van der Waals surface area (Å²) in [5.74, 6) is -2.94. The molecule has 0 aliphatic carbocycles. The predicted octanol–water partition coefficient (Wildman–Crippen LogP) is 4.47. The smallest absolute Gasteiger partial charge is 0.307 e. The molecule has 0 fully saturated rings. The van der Waals surface area contributed by atoms with Crippen LogP contribution in [0, 0.1) is 5.82 Å². The molecule has 0 unspecified atom stereocenters. The molecule has 158 valence electrons. The second-order valence-corrected chi connectivity index (χ2v) is 7.71. The van der Waals surface area contributed by atoms with E-state index in [0.717, 1.165) is 9.15 Å². The van der Waals surface area contributed by atoms with Crippen molar-refractivity contribution in [3.05, 3.63) is 62.4 Å². The molecule has 6 nitrogen and oxygen atoms in total. The predicted molar refractivity (Wildman–Crippen MR) is 106 cm³/mol. The van der Waals surface area contributed by atoms with E-state index in [4.69, 9.17) is 0 Å². The summed E-state index contributed by atoms with van der Waals surface area (Å²) in [6.07, 6.45) is -4.35. The zero-order valence-corrected chi connectivity index (χ0v) is 17.3. The van der Waals surface area contributed by atoms with Gasteiger partial charge in [-0.15, -0.1) is 0 Å². The molecule has 0 saturated carbocycles. The van der Waals surface area contributed by atoms with Crippen molar-refractivity contribution in [2.45, 2.75) is 32.5 Å². The Labute approximate surface area is 176 Å². The Morgan fingerprint density at radius 2 is 1.93 bits per heavy atom. The summed E-state index contributed by atoms with van der Waals surface area (Å²) in [6, 6.07) is 5.27. The summed E-state index contributed by atoms with van der Waals surface area (Å²) in [4.78, 5) is 28.3. The average molecular weight is 487 g/mol. The van der Waals surface area contributed by atoms with Crippen LogP contribution in [0.2, 0.25) is 0 Å². The highest BCUT2D eigenvalue weighted by molar-refractivity contribution is 9.10. The number of alkyl halides is 3. The van der Waals surface area contributed by atoms with Crippen molar-refractivity contribution >= 4 is 38.4 Å². The minimum Gasteiger partial charge on any atom is -0.307 e. The quantitative estimate of drug-likeness (QED) is 0.551. The van der Waals surface area contributed by atoms with Crippen LogP contribution in [0.15, 0.2) is 39.7 Å². The molecule has 1 aromatic carbocycles. The van der Waals surface area contributed by atoms with E-state index in [-0.39, 0.29) is 12.0 Å². The minimum absolute atomic E-state index is 0.0641. The van der Waals surface area contributed by atoms with Crippen LogP contribution < -0.4 is 10.9 Å². The second-order valence-electron chi connectivity index (χ2n) is 6.79. The number of fused-ring (bicyclic) bond motifs is 1. The van der Waals surface area contributed by atoms with Crippen molar-refractivity contribution in [2.24, 2.45) is 0 Å². The lowest BCUT2D eigenvalue weighted by atomic mass is 10.0. The first-order valence-electron chi connectivity index (χ1n) is 8.70. The lowest BCUT2D eigenvalue weighted by Crippen LogP contribution is -2.31. The molecule has 30 heavy (non-hydrogen) atoms. The van der Waals surface area contributed by atoms with E-state index in [0.29, 0.717) is 22.7 Å². The van der Waals surface area contributed by atoms with E-state index in [2.05, 4.69) is 31.3 Å². The number of carbonyl (C=O) groups is 1. The van der Waals surface area contributed by atoms with E-state index in [9.17, 15) is 27.2 Å². The van der Waals surface area contributed by atoms with E-state index >= 15 is 0 Å². The molecular weight excluding hydrogens is 472 g/mol. The third kappa shape index (κ3) is 4.50. The molecule has 0 aliphatic heterocycles. The minimum atomic E-state index is -4.76. The lowest BCUT2D eigenvalue weighted by molar-refractivity contribution is -0.138. The Morgan fingerprint density at radius 3 is 2.53 bits per heavy atom. The fourth-order valence-corrected chi connectivity index (χ4v) is 3.17. The monoisotopic (exact) mass is 486 g/mol. The number of benzene rings is 1. The van der Waals surface area contributed by atoms with Gasteiger partial charge in [-0.05, 0) is 30.2 Å². The number of amides is 1. The standard InChI is InChI=1S/C19H15BrF4N4O2/c1-9(2)16-13-6-11(20)3-4-12(13)18(30)28(27-16)8-15(29)26-17-14(21)5-10(7-25-17)19(22,23)24/h3-7,9H,8H2,1-2H3,(H,25,26,29). The summed E-state index contributed by atoms with van der Waals surface area (Å²) in [6.45, 7) is 3.19. The molecule has 11 heteroatoms. The third-order valence-corrected chi connectivity index (χ3v) is 4.71. The highest BCUT2D eigenvalue weighted by Crippen LogP contribution is 2.30. The normalized spacial score (nSPS) is 11.9. The van der Waals surface area contributed by atoms with Gasteiger partial charge in [0, 0.05) is 16.1 Å². The summed E-state index contributed by atoms with van der Waals surface area (Å²) >= 11 is 3.35. The highest BCUT2D eigenvalue weighted by Gasteiger charge is 2.32. The number of nitrogens with zero attached hydrogens (tertiary/aromatic N) is 3. The topological polar surface area (TPSA) is 76.9 Å². The van der Waals surface area contributed by atoms with Crippen LogP contribution >= 0.6 is 15.9 Å². The first kappa shape index (κ1) is 21.9. The van der Waals surface area contributed by atoms with Crippen LogP contribution in [-0.4, -0.2) is 20.7 Å². The molecular formula is C19H15BrF4N4O2. The maximum absolute atomic E-state index is 13.9. The molecule has 1 N–H and O–H groups in total. The molecule has 2 heterocycles. The van der Waals surface area contributed by atoms with Crippen LogP contribution in [0.25, 0.3) is 10.8 Å². The van der Waals surface area contributed by atoms with Gasteiger partial charge in [-0.2, -0.15) is 18.3 Å². The molecule has 0 spiro atoms. The largest absolute Gasteiger partial charge is 0.417 e. The molecule has 1 amide bonds. The first-order valence-corrected chi connectivity index (χ1v) is 9.49. The summed E-state index contributed by atoms with van der Waals surface area (Å²) in [5, 5.41) is 7.31. The second kappa shape index (κ2) is 8.13. The SMILES string of the molecule is CC(C)c1nn(CC(=O)Nc2ncc(C(F)(F)F)cc2F)c(=O)c2ccc(Br)cc12. The van der Waals surface area contributed by atoms with Crippen LogP contribution in [0.4, 0.5) is 23.4 Å². The number of halogens is 5. The van der Waals surface area contributed by atoms with Gasteiger partial charge in [0.1, 0.15) is 6.54 Å². The fraction of sp³-hybridized carbons (Fsp3) is 0.263. The van der Waals surface area contributed by atoms with Crippen molar-refractivity contribution < 1.29 is 22.4 Å². The molecule has 3 aromatic rings. The maximum atomic E-state index is 13.9. The zero-order valence-electron chi connectivity index (χ0n) is 15.7. The summed E-state index contributed by atoms with van der Waals surface area (Å²) in [7, 11) is 0. The Bertz CT molecular complexity index is 1190. The number of aromatic nitrogens is 3. The van der Waals surface area contributed by atoms with Crippen LogP contribution in [0.5, 0.6) is 0 Å². The molecule has 0 bridgehead atoms. The average Bonchev–Trinajstić information content (AvgIpc) is 2.64. The number of nitrogens with one attached hydrogen (secondary N) is 1. The van der Waals surface area contributed by atoms with Gasteiger partial charge in [-0.1, -0.05) is 29.8 Å². The van der Waals surface area contributed by atoms with Gasteiger partial charge < -0.3 is 5.32 Å². The lowest BCUT2D eigenvalue weighted by Gasteiger charge is -2.14. The first-order chi connectivity index (χ1) is 14.0. The van der Waals surface area contributed by atoms with Crippen molar-refractivity contribution in [3.63, 3.8) is 0 Å². The fourth-order valence-electron chi connectivity index (χ4n) is 2.81. The molecule has 0 atom stereocenters. The highest BCUT2D eigenvalue weighted by atomic mass is 79.9. The van der Waals surface area contributed by atoms with Gasteiger partial charge >= 0.3 is 6.18 Å². The van der Waals surface area contributed by atoms with E-state index in [1.54, 1.807) is 18.2 Å². The number of anilines is 1. The number of carbonyl (C=O) groups excluding carboxylic acids is 1. The number of rotatable bonds is 4. The molecule has 0 saturated heterocycles. The Hall–Kier alpha value is -2.82. The van der Waals surface area contributed by atoms with Gasteiger partial charge in [0.15, 0.2) is 11.6 Å². The van der Waals surface area contributed by atoms with Gasteiger partial charge in [0.2, 0.25) is 5.91 Å². The van der Waals surface area contributed by atoms with E-state index in [1.165, 1.54) is 0 Å². The van der Waals surface area contributed by atoms with Crippen LogP contribution in [0.1, 0.15) is 31.0 Å². The van der Waals surface area contributed by atoms with Gasteiger partial charge in [0.05, 0.1) is 16.6 Å². The number of hydrogen-bond acceptors (Lipinski definition) is 4. The molecule has 0 aliphatic rings. The number of pyridine rings is 1. The van der Waals surface area contributed by atoms with Gasteiger partial charge in [-0.25, -0.2) is 14.1 Å². The number of hydrogen-bond donors (Lipinski definition) is 1. The van der Waals surface area contributed by atoms with Crippen molar-refractivity contribution in [2.75, 3.05) is 5.32 Å². The van der Waals surface area contributed by atoms with E-state index in [1.807, 2.05) is 13.8 Å². The van der Waals surface area contributed by atoms with Crippen LogP contribution in [0.3, 0.4) is 0 Å². The summed E-state index contributed by atoms with van der Waals surface area (Å²) < 4.78 is 53.4. The van der Waals surface area contributed by atoms with Crippen molar-refractivity contribution in [1.29, 1.82) is 0 Å². The van der Waals surface area contributed by atoms with E-state index < -0.39 is 41.4 Å². The molecule has 0 radical (unpaired) electrons. The van der Waals surface area contributed by atoms with Crippen molar-refractivity contribution in [3.8, 4) is 0 Å². The van der Waals surface area contributed by atoms with Crippen LogP contribution in [-0.2, 0) is 17.5 Å². The van der Waals surface area contributed by atoms with Gasteiger partial charge in [-0.3, -0.25) is 9.59 Å².